The predicted octanol–water partition coefficient (Wildman–Crippen LogP) is 2.92. The van der Waals surface area contributed by atoms with Crippen molar-refractivity contribution in [3.05, 3.63) is 82.7 Å². The Morgan fingerprint density at radius 3 is 2.21 bits per heavy atom. The van der Waals surface area contributed by atoms with Gasteiger partial charge in [-0.2, -0.15) is 0 Å². The smallest absolute Gasteiger partial charge is 0.360 e. The van der Waals surface area contributed by atoms with Crippen molar-refractivity contribution < 1.29 is 23.9 Å². The lowest BCUT2D eigenvalue weighted by atomic mass is 10.1. The highest BCUT2D eigenvalue weighted by Gasteiger charge is 2.45. The second-order valence-electron chi connectivity index (χ2n) is 6.48. The van der Waals surface area contributed by atoms with E-state index < -0.39 is 24.0 Å². The number of benzene rings is 2. The summed E-state index contributed by atoms with van der Waals surface area (Å²) in [5, 5.41) is 0. The summed E-state index contributed by atoms with van der Waals surface area (Å²) in [7, 11) is 0. The van der Waals surface area contributed by atoms with Gasteiger partial charge in [0.2, 0.25) is 6.23 Å². The van der Waals surface area contributed by atoms with Gasteiger partial charge in [-0.25, -0.2) is 14.7 Å². The van der Waals surface area contributed by atoms with Crippen LogP contribution in [0, 0.1) is 0 Å². The molecule has 0 aliphatic carbocycles. The molecule has 0 bridgehead atoms. The van der Waals surface area contributed by atoms with Crippen LogP contribution < -0.4 is 0 Å². The summed E-state index contributed by atoms with van der Waals surface area (Å²) in [6.07, 6.45) is -1.09. The van der Waals surface area contributed by atoms with Crippen LogP contribution in [0.3, 0.4) is 0 Å². The number of hydrogen-bond donors (Lipinski definition) is 0. The highest BCUT2D eigenvalue weighted by Crippen LogP contribution is 2.31. The molecule has 7 nitrogen and oxygen atoms in total. The Morgan fingerprint density at radius 2 is 1.62 bits per heavy atom. The second kappa shape index (κ2) is 7.35. The first kappa shape index (κ1) is 18.6. The quantitative estimate of drug-likeness (QED) is 0.592. The van der Waals surface area contributed by atoms with Gasteiger partial charge in [-0.3, -0.25) is 9.59 Å². The van der Waals surface area contributed by atoms with Crippen LogP contribution in [-0.2, 0) is 14.3 Å². The van der Waals surface area contributed by atoms with Gasteiger partial charge >= 0.3 is 5.97 Å². The Hall–Kier alpha value is -3.74. The number of amides is 2. The lowest BCUT2D eigenvalue weighted by Crippen LogP contribution is -2.48. The molecule has 29 heavy (non-hydrogen) atoms. The molecule has 0 spiro atoms. The van der Waals surface area contributed by atoms with Crippen LogP contribution in [-0.4, -0.2) is 41.2 Å². The number of imide groups is 1. The van der Waals surface area contributed by atoms with Crippen LogP contribution in [0.1, 0.15) is 40.1 Å². The van der Waals surface area contributed by atoms with Gasteiger partial charge in [0.25, 0.3) is 11.8 Å². The summed E-state index contributed by atoms with van der Waals surface area (Å²) in [5.74, 6) is -1.37. The molecular weight excluding hydrogens is 372 g/mol. The Kier molecular flexibility index (Phi) is 4.72. The van der Waals surface area contributed by atoms with Crippen molar-refractivity contribution in [1.82, 2.24) is 4.90 Å². The summed E-state index contributed by atoms with van der Waals surface area (Å²) in [4.78, 5) is 43.7. The minimum atomic E-state index is -1.09. The van der Waals surface area contributed by atoms with Gasteiger partial charge in [0, 0.05) is 5.56 Å². The van der Waals surface area contributed by atoms with Gasteiger partial charge in [-0.05, 0) is 26.0 Å². The maximum Gasteiger partial charge on any atom is 0.360 e. The molecule has 2 aliphatic heterocycles. The SMILES string of the molecule is CCOC(=O)C1=C(C)OC(N2C(=O)c3ccccc3C2=O)C(c2ccccc2)=N1. The highest BCUT2D eigenvalue weighted by atomic mass is 16.5. The number of nitrogens with zero attached hydrogens (tertiary/aromatic N) is 2. The van der Waals surface area contributed by atoms with E-state index >= 15 is 0 Å². The van der Waals surface area contributed by atoms with Crippen LogP contribution in [0.2, 0.25) is 0 Å². The zero-order chi connectivity index (χ0) is 20.5. The first-order valence-corrected chi connectivity index (χ1v) is 9.18. The van der Waals surface area contributed by atoms with E-state index in [9.17, 15) is 14.4 Å². The molecule has 7 heteroatoms. The lowest BCUT2D eigenvalue weighted by molar-refractivity contribution is -0.139. The fraction of sp³-hybridized carbons (Fsp3) is 0.182. The molecule has 2 aliphatic rings. The lowest BCUT2D eigenvalue weighted by Gasteiger charge is -2.31. The van der Waals surface area contributed by atoms with Gasteiger partial charge in [-0.15, -0.1) is 0 Å². The summed E-state index contributed by atoms with van der Waals surface area (Å²) in [6.45, 7) is 3.44. The average Bonchev–Trinajstić information content (AvgIpc) is 2.99. The molecular formula is C22H18N2O5. The molecule has 0 N–H and O–H groups in total. The number of hydrogen-bond acceptors (Lipinski definition) is 6. The van der Waals surface area contributed by atoms with E-state index in [0.717, 1.165) is 4.90 Å². The summed E-state index contributed by atoms with van der Waals surface area (Å²) < 4.78 is 11.0. The van der Waals surface area contributed by atoms with Crippen molar-refractivity contribution in [2.24, 2.45) is 4.99 Å². The van der Waals surface area contributed by atoms with Gasteiger partial charge in [-0.1, -0.05) is 42.5 Å². The monoisotopic (exact) mass is 390 g/mol. The maximum absolute atomic E-state index is 13.0. The fourth-order valence-corrected chi connectivity index (χ4v) is 3.33. The molecule has 1 atom stereocenters. The first-order chi connectivity index (χ1) is 14.0. The minimum Gasteiger partial charge on any atom is -0.466 e. The molecule has 4 rings (SSSR count). The summed E-state index contributed by atoms with van der Waals surface area (Å²) in [6, 6.07) is 15.6. The van der Waals surface area contributed by atoms with Crippen molar-refractivity contribution in [2.75, 3.05) is 6.61 Å². The third-order valence-corrected chi connectivity index (χ3v) is 4.69. The standard InChI is InChI=1S/C22H18N2O5/c1-3-28-22(27)17-13(2)29-21(18(23-17)14-9-5-4-6-10-14)24-19(25)15-11-7-8-12-16(15)20(24)26/h4-12,21H,3H2,1-2H3. The van der Waals surface area contributed by atoms with Gasteiger partial charge < -0.3 is 9.47 Å². The molecule has 0 saturated heterocycles. The Bertz CT molecular complexity index is 1040. The van der Waals surface area contributed by atoms with Crippen molar-refractivity contribution in [3.8, 4) is 0 Å². The number of aliphatic imine (C=N–C) groups is 1. The van der Waals surface area contributed by atoms with Crippen LogP contribution in [0.5, 0.6) is 0 Å². The minimum absolute atomic E-state index is 0.0126. The normalized spacial score (nSPS) is 18.3. The summed E-state index contributed by atoms with van der Waals surface area (Å²) in [5.41, 5.74) is 1.55. The molecule has 1 unspecified atom stereocenters. The zero-order valence-electron chi connectivity index (χ0n) is 15.9. The van der Waals surface area contributed by atoms with E-state index in [4.69, 9.17) is 9.47 Å². The van der Waals surface area contributed by atoms with Gasteiger partial charge in [0.15, 0.2) is 5.70 Å². The molecule has 2 aromatic carbocycles. The van der Waals surface area contributed by atoms with Crippen molar-refractivity contribution in [1.29, 1.82) is 0 Å². The third-order valence-electron chi connectivity index (χ3n) is 4.69. The molecule has 2 heterocycles. The number of carbonyl (C=O) groups is 3. The van der Waals surface area contributed by atoms with Crippen LogP contribution in [0.25, 0.3) is 0 Å². The van der Waals surface area contributed by atoms with Crippen LogP contribution in [0.4, 0.5) is 0 Å². The Morgan fingerprint density at radius 1 is 1.03 bits per heavy atom. The Labute approximate surface area is 167 Å². The molecule has 0 radical (unpaired) electrons. The largest absolute Gasteiger partial charge is 0.466 e. The molecule has 146 valence electrons. The molecule has 2 aromatic rings. The molecule has 0 aromatic heterocycles. The summed E-state index contributed by atoms with van der Waals surface area (Å²) >= 11 is 0. The van der Waals surface area contributed by atoms with Crippen LogP contribution in [0.15, 0.2) is 71.0 Å². The first-order valence-electron chi connectivity index (χ1n) is 9.18. The zero-order valence-corrected chi connectivity index (χ0v) is 15.9. The predicted molar refractivity (Wildman–Crippen MR) is 104 cm³/mol. The number of fused-ring (bicyclic) bond motifs is 1. The number of ether oxygens (including phenoxy) is 2. The average molecular weight is 390 g/mol. The molecule has 0 fully saturated rings. The topological polar surface area (TPSA) is 85.3 Å². The van der Waals surface area contributed by atoms with Crippen molar-refractivity contribution in [3.63, 3.8) is 0 Å². The van der Waals surface area contributed by atoms with Crippen molar-refractivity contribution >= 4 is 23.5 Å². The number of esters is 1. The van der Waals surface area contributed by atoms with Gasteiger partial charge in [0.05, 0.1) is 17.7 Å². The van der Waals surface area contributed by atoms with E-state index in [-0.39, 0.29) is 23.8 Å². The van der Waals surface area contributed by atoms with E-state index in [2.05, 4.69) is 4.99 Å². The maximum atomic E-state index is 13.0. The highest BCUT2D eigenvalue weighted by molar-refractivity contribution is 6.24. The van der Waals surface area contributed by atoms with Crippen molar-refractivity contribution in [2.45, 2.75) is 20.1 Å². The van der Waals surface area contributed by atoms with E-state index in [0.29, 0.717) is 16.7 Å². The van der Waals surface area contributed by atoms with Gasteiger partial charge in [0.1, 0.15) is 11.5 Å². The molecule has 2 amide bonds. The third kappa shape index (κ3) is 3.10. The number of carbonyl (C=O) groups excluding carboxylic acids is 3. The van der Waals surface area contributed by atoms with E-state index in [1.165, 1.54) is 0 Å². The number of rotatable bonds is 4. The van der Waals surface area contributed by atoms with E-state index in [1.54, 1.807) is 62.4 Å². The molecule has 0 saturated carbocycles. The van der Waals surface area contributed by atoms with E-state index in [1.807, 2.05) is 6.07 Å². The number of allylic oxidation sites excluding steroid dienone is 1. The second-order valence-corrected chi connectivity index (χ2v) is 6.48. The van der Waals surface area contributed by atoms with Crippen LogP contribution >= 0.6 is 0 Å². The fourth-order valence-electron chi connectivity index (χ4n) is 3.33. The Balaban J connectivity index is 1.80.